The summed E-state index contributed by atoms with van der Waals surface area (Å²) in [6, 6.07) is 14.8. The number of hydrogen-bond acceptors (Lipinski definition) is 3. The van der Waals surface area contributed by atoms with Crippen molar-refractivity contribution in [2.45, 2.75) is 0 Å². The molecule has 0 unspecified atom stereocenters. The van der Waals surface area contributed by atoms with Crippen molar-refractivity contribution in [3.05, 3.63) is 70.0 Å². The Kier molecular flexibility index (Phi) is 4.04. The molecule has 0 fully saturated rings. The Morgan fingerprint density at radius 1 is 0.905 bits per heavy atom. The molecule has 3 rings (SSSR count). The lowest BCUT2D eigenvalue weighted by Gasteiger charge is -1.94. The van der Waals surface area contributed by atoms with Crippen LogP contribution in [0.4, 0.5) is 0 Å². The van der Waals surface area contributed by atoms with Gasteiger partial charge in [-0.3, -0.25) is 0 Å². The third kappa shape index (κ3) is 3.32. The van der Waals surface area contributed by atoms with Crippen molar-refractivity contribution in [1.82, 2.24) is 10.1 Å². The molecule has 0 spiro atoms. The first-order valence-electron chi connectivity index (χ1n) is 6.24. The SMILES string of the molecule is Clc1ccc(-c2noc(C=Cc3ccccc3Cl)n2)cc1. The fourth-order valence-electron chi connectivity index (χ4n) is 1.79. The zero-order valence-corrected chi connectivity index (χ0v) is 12.3. The second-order valence-electron chi connectivity index (χ2n) is 4.32. The fourth-order valence-corrected chi connectivity index (χ4v) is 2.12. The number of rotatable bonds is 3. The normalized spacial score (nSPS) is 11.1. The van der Waals surface area contributed by atoms with Gasteiger partial charge in [0, 0.05) is 21.7 Å². The monoisotopic (exact) mass is 316 g/mol. The first-order chi connectivity index (χ1) is 10.2. The van der Waals surface area contributed by atoms with Gasteiger partial charge < -0.3 is 4.52 Å². The van der Waals surface area contributed by atoms with Gasteiger partial charge >= 0.3 is 0 Å². The zero-order valence-electron chi connectivity index (χ0n) is 10.8. The van der Waals surface area contributed by atoms with E-state index in [1.165, 1.54) is 0 Å². The van der Waals surface area contributed by atoms with Gasteiger partial charge in [-0.05, 0) is 42.0 Å². The van der Waals surface area contributed by atoms with E-state index in [0.29, 0.717) is 21.8 Å². The highest BCUT2D eigenvalue weighted by molar-refractivity contribution is 6.32. The lowest BCUT2D eigenvalue weighted by molar-refractivity contribution is 0.411. The molecule has 2 aromatic carbocycles. The van der Waals surface area contributed by atoms with Crippen LogP contribution >= 0.6 is 23.2 Å². The number of aromatic nitrogens is 2. The van der Waals surface area contributed by atoms with Gasteiger partial charge in [0.15, 0.2) is 0 Å². The molecule has 21 heavy (non-hydrogen) atoms. The Bertz CT molecular complexity index is 779. The van der Waals surface area contributed by atoms with Crippen LogP contribution in [-0.4, -0.2) is 10.1 Å². The van der Waals surface area contributed by atoms with Crippen LogP contribution in [-0.2, 0) is 0 Å². The quantitative estimate of drug-likeness (QED) is 0.665. The Labute approximate surface area is 131 Å². The lowest BCUT2D eigenvalue weighted by atomic mass is 10.2. The summed E-state index contributed by atoms with van der Waals surface area (Å²) >= 11 is 11.9. The molecule has 1 aromatic heterocycles. The third-order valence-corrected chi connectivity index (χ3v) is 3.45. The third-order valence-electron chi connectivity index (χ3n) is 2.85. The van der Waals surface area contributed by atoms with E-state index in [2.05, 4.69) is 10.1 Å². The van der Waals surface area contributed by atoms with E-state index in [9.17, 15) is 0 Å². The zero-order chi connectivity index (χ0) is 14.7. The van der Waals surface area contributed by atoms with Crippen LogP contribution in [0.15, 0.2) is 53.1 Å². The molecule has 0 N–H and O–H groups in total. The maximum Gasteiger partial charge on any atom is 0.250 e. The second-order valence-corrected chi connectivity index (χ2v) is 5.16. The van der Waals surface area contributed by atoms with Crippen molar-refractivity contribution in [2.75, 3.05) is 0 Å². The molecule has 3 aromatic rings. The molecule has 0 aliphatic carbocycles. The highest BCUT2D eigenvalue weighted by atomic mass is 35.5. The molecule has 0 aliphatic heterocycles. The molecular weight excluding hydrogens is 307 g/mol. The van der Waals surface area contributed by atoms with Crippen molar-refractivity contribution in [3.8, 4) is 11.4 Å². The number of halogens is 2. The number of benzene rings is 2. The van der Waals surface area contributed by atoms with Crippen molar-refractivity contribution >= 4 is 35.4 Å². The standard InChI is InChI=1S/C16H10Cl2N2O/c17-13-8-5-12(6-9-13)16-19-15(21-20-16)10-7-11-3-1-2-4-14(11)18/h1-10H. The van der Waals surface area contributed by atoms with Gasteiger partial charge in [0.2, 0.25) is 5.82 Å². The van der Waals surface area contributed by atoms with Gasteiger partial charge in [-0.25, -0.2) is 0 Å². The predicted octanol–water partition coefficient (Wildman–Crippen LogP) is 5.21. The summed E-state index contributed by atoms with van der Waals surface area (Å²) in [5.41, 5.74) is 1.74. The Hall–Kier alpha value is -2.10. The molecule has 0 radical (unpaired) electrons. The molecule has 0 atom stereocenters. The minimum absolute atomic E-state index is 0.417. The van der Waals surface area contributed by atoms with Crippen LogP contribution in [0.5, 0.6) is 0 Å². The van der Waals surface area contributed by atoms with Gasteiger partial charge in [-0.1, -0.05) is 46.6 Å². The maximum atomic E-state index is 6.08. The molecule has 104 valence electrons. The van der Waals surface area contributed by atoms with E-state index >= 15 is 0 Å². The number of nitrogens with zero attached hydrogens (tertiary/aromatic N) is 2. The molecule has 1 heterocycles. The van der Waals surface area contributed by atoms with E-state index in [1.54, 1.807) is 18.2 Å². The van der Waals surface area contributed by atoms with Crippen molar-refractivity contribution in [1.29, 1.82) is 0 Å². The van der Waals surface area contributed by atoms with Gasteiger partial charge in [-0.15, -0.1) is 0 Å². The van der Waals surface area contributed by atoms with Crippen molar-refractivity contribution in [2.24, 2.45) is 0 Å². The van der Waals surface area contributed by atoms with Gasteiger partial charge in [0.25, 0.3) is 5.89 Å². The first kappa shape index (κ1) is 13.9. The van der Waals surface area contributed by atoms with Crippen LogP contribution in [0, 0.1) is 0 Å². The molecule has 0 amide bonds. The van der Waals surface area contributed by atoms with Crippen LogP contribution in [0.3, 0.4) is 0 Å². The number of hydrogen-bond donors (Lipinski definition) is 0. The smallest absolute Gasteiger partial charge is 0.250 e. The van der Waals surface area contributed by atoms with E-state index in [1.807, 2.05) is 42.5 Å². The van der Waals surface area contributed by atoms with Crippen LogP contribution < -0.4 is 0 Å². The highest BCUT2D eigenvalue weighted by Crippen LogP contribution is 2.20. The minimum Gasteiger partial charge on any atom is -0.334 e. The first-order valence-corrected chi connectivity index (χ1v) is 7.00. The molecular formula is C16H10Cl2N2O. The summed E-state index contributed by atoms with van der Waals surface area (Å²) in [6.07, 6.45) is 3.56. The largest absolute Gasteiger partial charge is 0.334 e. The van der Waals surface area contributed by atoms with E-state index in [-0.39, 0.29) is 0 Å². The van der Waals surface area contributed by atoms with Crippen LogP contribution in [0.1, 0.15) is 11.5 Å². The Balaban J connectivity index is 1.82. The molecule has 5 heteroatoms. The molecule has 0 aliphatic rings. The summed E-state index contributed by atoms with van der Waals surface area (Å²) in [5.74, 6) is 0.936. The van der Waals surface area contributed by atoms with Crippen molar-refractivity contribution in [3.63, 3.8) is 0 Å². The van der Waals surface area contributed by atoms with Gasteiger partial charge in [0.05, 0.1) is 0 Å². The average molecular weight is 317 g/mol. The lowest BCUT2D eigenvalue weighted by Crippen LogP contribution is -1.80. The van der Waals surface area contributed by atoms with Crippen molar-refractivity contribution < 1.29 is 4.52 Å². The summed E-state index contributed by atoms with van der Waals surface area (Å²) in [4.78, 5) is 4.30. The Morgan fingerprint density at radius 2 is 1.67 bits per heavy atom. The van der Waals surface area contributed by atoms with E-state index in [4.69, 9.17) is 27.7 Å². The van der Waals surface area contributed by atoms with Gasteiger partial charge in [-0.2, -0.15) is 4.98 Å². The van der Waals surface area contributed by atoms with E-state index < -0.39 is 0 Å². The van der Waals surface area contributed by atoms with E-state index in [0.717, 1.165) is 11.1 Å². The summed E-state index contributed by atoms with van der Waals surface area (Å²) in [7, 11) is 0. The van der Waals surface area contributed by atoms with Crippen LogP contribution in [0.25, 0.3) is 23.5 Å². The molecule has 0 saturated carbocycles. The van der Waals surface area contributed by atoms with Gasteiger partial charge in [0.1, 0.15) is 0 Å². The average Bonchev–Trinajstić information content (AvgIpc) is 2.96. The highest BCUT2D eigenvalue weighted by Gasteiger charge is 2.06. The minimum atomic E-state index is 0.417. The second kappa shape index (κ2) is 6.12. The summed E-state index contributed by atoms with van der Waals surface area (Å²) in [5, 5.41) is 5.28. The Morgan fingerprint density at radius 3 is 2.43 bits per heavy atom. The fraction of sp³-hybridized carbons (Fsp3) is 0. The molecule has 0 bridgehead atoms. The molecule has 3 nitrogen and oxygen atoms in total. The predicted molar refractivity (Wildman–Crippen MR) is 85.1 cm³/mol. The summed E-state index contributed by atoms with van der Waals surface area (Å²) < 4.78 is 5.19. The van der Waals surface area contributed by atoms with Crippen LogP contribution in [0.2, 0.25) is 10.0 Å². The topological polar surface area (TPSA) is 38.9 Å². The molecule has 0 saturated heterocycles. The maximum absolute atomic E-state index is 6.08. The summed E-state index contributed by atoms with van der Waals surface area (Å²) in [6.45, 7) is 0.